The zero-order chi connectivity index (χ0) is 17.6. The zero-order valence-electron chi connectivity index (χ0n) is 12.7. The Morgan fingerprint density at radius 2 is 2.12 bits per heavy atom. The summed E-state index contributed by atoms with van der Waals surface area (Å²) in [5, 5.41) is 4.44. The zero-order valence-corrected chi connectivity index (χ0v) is 15.8. The molecule has 0 atom stereocenters. The van der Waals surface area contributed by atoms with Gasteiger partial charge < -0.3 is 8.83 Å². The highest BCUT2D eigenvalue weighted by Crippen LogP contribution is 2.29. The number of hydrogen-bond donors (Lipinski definition) is 1. The van der Waals surface area contributed by atoms with Crippen LogP contribution >= 0.6 is 39.1 Å². The molecule has 4 rings (SSSR count). The lowest BCUT2D eigenvalue weighted by Crippen LogP contribution is -2.11. The summed E-state index contributed by atoms with van der Waals surface area (Å²) < 4.78 is 15.8. The van der Waals surface area contributed by atoms with Gasteiger partial charge in [0, 0.05) is 27.5 Å². The average molecular weight is 439 g/mol. The van der Waals surface area contributed by atoms with E-state index in [0.29, 0.717) is 32.0 Å². The van der Waals surface area contributed by atoms with Crippen LogP contribution in [0.4, 0.5) is 5.13 Å². The predicted octanol–water partition coefficient (Wildman–Crippen LogP) is 5.52. The molecule has 0 saturated heterocycles. The highest BCUT2D eigenvalue weighted by molar-refractivity contribution is 9.10. The average Bonchev–Trinajstić information content (AvgIpc) is 3.28. The molecule has 0 bridgehead atoms. The van der Waals surface area contributed by atoms with Crippen LogP contribution in [0.3, 0.4) is 0 Å². The summed E-state index contributed by atoms with van der Waals surface area (Å²) in [4.78, 5) is 16.8. The number of aryl methyl sites for hydroxylation is 1. The highest BCUT2D eigenvalue weighted by atomic mass is 79.9. The van der Waals surface area contributed by atoms with Crippen molar-refractivity contribution in [3.63, 3.8) is 0 Å². The SMILES string of the molecule is Cc1c(C(=O)Nc2nc(-c3ccc(Br)o3)ns2)oc2ccc(Cl)cc12. The van der Waals surface area contributed by atoms with Crippen molar-refractivity contribution in [2.45, 2.75) is 6.92 Å². The number of fused-ring (bicyclic) bond motifs is 1. The molecule has 4 aromatic rings. The van der Waals surface area contributed by atoms with E-state index in [9.17, 15) is 4.79 Å². The molecular formula is C16H9BrClN3O3S. The Labute approximate surface area is 159 Å². The number of carbonyl (C=O) groups excluding carboxylic acids is 1. The van der Waals surface area contributed by atoms with E-state index in [0.717, 1.165) is 22.5 Å². The lowest BCUT2D eigenvalue weighted by molar-refractivity contribution is 0.0998. The van der Waals surface area contributed by atoms with Crippen molar-refractivity contribution < 1.29 is 13.6 Å². The third kappa shape index (κ3) is 3.08. The predicted molar refractivity (Wildman–Crippen MR) is 99.2 cm³/mol. The summed E-state index contributed by atoms with van der Waals surface area (Å²) in [6.45, 7) is 1.81. The van der Waals surface area contributed by atoms with E-state index in [-0.39, 0.29) is 5.76 Å². The van der Waals surface area contributed by atoms with Crippen molar-refractivity contribution in [3.05, 3.63) is 51.3 Å². The van der Waals surface area contributed by atoms with E-state index in [2.05, 4.69) is 30.6 Å². The first kappa shape index (κ1) is 16.3. The van der Waals surface area contributed by atoms with Gasteiger partial charge in [-0.05, 0) is 53.2 Å². The smallest absolute Gasteiger partial charge is 0.293 e. The van der Waals surface area contributed by atoms with Gasteiger partial charge in [0.15, 0.2) is 16.2 Å². The second-order valence-electron chi connectivity index (χ2n) is 5.18. The van der Waals surface area contributed by atoms with Crippen LogP contribution in [0.15, 0.2) is 43.8 Å². The maximum Gasteiger partial charge on any atom is 0.293 e. The second kappa shape index (κ2) is 6.29. The van der Waals surface area contributed by atoms with Crippen molar-refractivity contribution in [1.82, 2.24) is 9.36 Å². The van der Waals surface area contributed by atoms with Gasteiger partial charge in [-0.2, -0.15) is 9.36 Å². The minimum Gasteiger partial charge on any atom is -0.451 e. The lowest BCUT2D eigenvalue weighted by Gasteiger charge is -1.98. The monoisotopic (exact) mass is 437 g/mol. The first-order chi connectivity index (χ1) is 12.0. The fourth-order valence-corrected chi connectivity index (χ4v) is 3.42. The molecule has 0 fully saturated rings. The number of halogens is 2. The van der Waals surface area contributed by atoms with E-state index < -0.39 is 5.91 Å². The Hall–Kier alpha value is -2.16. The first-order valence-corrected chi connectivity index (χ1v) is 9.05. The number of anilines is 1. The molecule has 0 saturated carbocycles. The fraction of sp³-hybridized carbons (Fsp3) is 0.0625. The fourth-order valence-electron chi connectivity index (χ4n) is 2.37. The van der Waals surface area contributed by atoms with E-state index in [1.165, 1.54) is 0 Å². The Balaban J connectivity index is 1.60. The second-order valence-corrected chi connectivity index (χ2v) is 7.15. The molecule has 3 heterocycles. The molecule has 126 valence electrons. The van der Waals surface area contributed by atoms with Crippen LogP contribution in [-0.4, -0.2) is 15.3 Å². The van der Waals surface area contributed by atoms with Gasteiger partial charge in [0.1, 0.15) is 5.58 Å². The Kier molecular flexibility index (Phi) is 4.10. The van der Waals surface area contributed by atoms with Gasteiger partial charge in [0.2, 0.25) is 11.0 Å². The molecule has 0 aliphatic rings. The number of rotatable bonds is 3. The van der Waals surface area contributed by atoms with Gasteiger partial charge in [-0.1, -0.05) is 11.6 Å². The molecule has 1 amide bonds. The number of hydrogen-bond acceptors (Lipinski definition) is 6. The van der Waals surface area contributed by atoms with Crippen LogP contribution in [0.25, 0.3) is 22.6 Å². The molecule has 3 aromatic heterocycles. The van der Waals surface area contributed by atoms with Gasteiger partial charge in [-0.15, -0.1) is 0 Å². The molecular weight excluding hydrogens is 430 g/mol. The molecule has 0 aliphatic carbocycles. The topological polar surface area (TPSA) is 81.2 Å². The summed E-state index contributed by atoms with van der Waals surface area (Å²) in [6.07, 6.45) is 0. The van der Waals surface area contributed by atoms with E-state index in [4.69, 9.17) is 20.4 Å². The van der Waals surface area contributed by atoms with Gasteiger partial charge in [-0.3, -0.25) is 10.1 Å². The maximum absolute atomic E-state index is 12.5. The number of aromatic nitrogens is 2. The number of furan rings is 2. The third-order valence-corrected chi connectivity index (χ3v) is 4.84. The van der Waals surface area contributed by atoms with E-state index >= 15 is 0 Å². The van der Waals surface area contributed by atoms with Gasteiger partial charge in [0.25, 0.3) is 5.91 Å². The largest absolute Gasteiger partial charge is 0.451 e. The van der Waals surface area contributed by atoms with E-state index in [1.54, 1.807) is 30.3 Å². The molecule has 0 spiro atoms. The van der Waals surface area contributed by atoms with E-state index in [1.807, 2.05) is 6.92 Å². The van der Waals surface area contributed by atoms with Crippen molar-refractivity contribution in [2.75, 3.05) is 5.32 Å². The third-order valence-electron chi connectivity index (χ3n) is 3.54. The summed E-state index contributed by atoms with van der Waals surface area (Å²) >= 11 is 10.3. The van der Waals surface area contributed by atoms with Gasteiger partial charge in [0.05, 0.1) is 0 Å². The highest BCUT2D eigenvalue weighted by Gasteiger charge is 2.20. The maximum atomic E-state index is 12.5. The van der Waals surface area contributed by atoms with Crippen molar-refractivity contribution in [2.24, 2.45) is 0 Å². The Morgan fingerprint density at radius 3 is 2.88 bits per heavy atom. The standard InChI is InChI=1S/C16H9BrClN3O3S/c1-7-9-6-8(18)2-3-10(9)24-13(7)15(22)20-16-19-14(21-25-16)11-4-5-12(17)23-11/h2-6H,1H3,(H,19,20,21,22). The minimum atomic E-state index is -0.395. The number of nitrogens with zero attached hydrogens (tertiary/aromatic N) is 2. The van der Waals surface area contributed by atoms with Crippen LogP contribution < -0.4 is 5.32 Å². The van der Waals surface area contributed by atoms with Crippen molar-refractivity contribution in [3.8, 4) is 11.6 Å². The molecule has 1 aromatic carbocycles. The molecule has 0 unspecified atom stereocenters. The first-order valence-electron chi connectivity index (χ1n) is 7.10. The molecule has 9 heteroatoms. The van der Waals surface area contributed by atoms with Gasteiger partial charge in [-0.25, -0.2) is 0 Å². The molecule has 25 heavy (non-hydrogen) atoms. The molecule has 0 radical (unpaired) electrons. The number of carbonyl (C=O) groups is 1. The Morgan fingerprint density at radius 1 is 1.28 bits per heavy atom. The normalized spacial score (nSPS) is 11.2. The summed E-state index contributed by atoms with van der Waals surface area (Å²) in [6, 6.07) is 8.71. The molecule has 6 nitrogen and oxygen atoms in total. The summed E-state index contributed by atoms with van der Waals surface area (Å²) in [5.74, 6) is 0.736. The number of amides is 1. The summed E-state index contributed by atoms with van der Waals surface area (Å²) in [7, 11) is 0. The summed E-state index contributed by atoms with van der Waals surface area (Å²) in [5.41, 5.74) is 1.32. The van der Waals surface area contributed by atoms with Crippen LogP contribution in [0.1, 0.15) is 16.1 Å². The van der Waals surface area contributed by atoms with Crippen molar-refractivity contribution >= 4 is 61.1 Å². The minimum absolute atomic E-state index is 0.217. The lowest BCUT2D eigenvalue weighted by atomic mass is 10.1. The number of nitrogens with one attached hydrogen (secondary N) is 1. The van der Waals surface area contributed by atoms with Crippen LogP contribution in [0, 0.1) is 6.92 Å². The van der Waals surface area contributed by atoms with Crippen LogP contribution in [0.2, 0.25) is 5.02 Å². The number of benzene rings is 1. The Bertz CT molecular complexity index is 1100. The van der Waals surface area contributed by atoms with Crippen LogP contribution in [0.5, 0.6) is 0 Å². The van der Waals surface area contributed by atoms with Gasteiger partial charge >= 0.3 is 0 Å². The molecule has 1 N–H and O–H groups in total. The van der Waals surface area contributed by atoms with Crippen molar-refractivity contribution in [1.29, 1.82) is 0 Å². The van der Waals surface area contributed by atoms with Crippen LogP contribution in [-0.2, 0) is 0 Å². The quantitative estimate of drug-likeness (QED) is 0.455. The molecule has 0 aliphatic heterocycles.